The Hall–Kier alpha value is -0.416. The Morgan fingerprint density at radius 3 is 1.41 bits per heavy atom. The van der Waals surface area contributed by atoms with Crippen LogP contribution >= 0.6 is 0 Å². The van der Waals surface area contributed by atoms with E-state index in [1.165, 1.54) is 47.6 Å². The minimum absolute atomic E-state index is 0.363. The molecular weight excluding hydrogens is 394 g/mol. The first-order valence-electron chi connectivity index (χ1n) is 8.71. The van der Waals surface area contributed by atoms with Crippen molar-refractivity contribution in [2.75, 3.05) is 62.4 Å². The van der Waals surface area contributed by atoms with Crippen molar-refractivity contribution in [1.82, 2.24) is 4.90 Å². The molecule has 27 heavy (non-hydrogen) atoms. The third-order valence-electron chi connectivity index (χ3n) is 4.46. The van der Waals surface area contributed by atoms with Gasteiger partial charge in [-0.15, -0.1) is 0 Å². The van der Waals surface area contributed by atoms with Crippen LogP contribution in [0.3, 0.4) is 0 Å². The van der Waals surface area contributed by atoms with Gasteiger partial charge in [0.25, 0.3) is 5.91 Å². The van der Waals surface area contributed by atoms with Gasteiger partial charge in [0.15, 0.2) is 6.10 Å². The van der Waals surface area contributed by atoms with Gasteiger partial charge in [-0.1, -0.05) is 0 Å². The first-order valence-corrected chi connectivity index (χ1v) is 12.6. The van der Waals surface area contributed by atoms with Crippen LogP contribution in [0.25, 0.3) is 0 Å². The smallest absolute Gasteiger partial charge is 0.393 e. The SMILES string of the molecule is CO[Si](CCCN(CCC[Si](OC)(OC)OC)C(=O)C(O)CO)(OC)OC. The van der Waals surface area contributed by atoms with E-state index in [-0.39, 0.29) is 0 Å². The molecule has 0 bridgehead atoms. The van der Waals surface area contributed by atoms with Crippen LogP contribution in [0.15, 0.2) is 0 Å². The molecule has 0 aliphatic rings. The second kappa shape index (κ2) is 13.7. The number of hydrogen-bond acceptors (Lipinski definition) is 9. The maximum Gasteiger partial charge on any atom is 0.500 e. The van der Waals surface area contributed by atoms with Crippen molar-refractivity contribution < 1.29 is 41.6 Å². The summed E-state index contributed by atoms with van der Waals surface area (Å²) in [6.07, 6.45) is -0.325. The lowest BCUT2D eigenvalue weighted by atomic mass is 10.2. The molecule has 0 aromatic heterocycles. The number of rotatable bonds is 16. The highest BCUT2D eigenvalue weighted by molar-refractivity contribution is 6.60. The van der Waals surface area contributed by atoms with Gasteiger partial charge in [0, 0.05) is 67.8 Å². The maximum atomic E-state index is 12.4. The molecule has 0 aromatic carbocycles. The van der Waals surface area contributed by atoms with Crippen molar-refractivity contribution in [2.45, 2.75) is 31.0 Å². The second-order valence-electron chi connectivity index (χ2n) is 5.82. The predicted molar refractivity (Wildman–Crippen MR) is 102 cm³/mol. The van der Waals surface area contributed by atoms with Gasteiger partial charge in [0.05, 0.1) is 6.61 Å². The Labute approximate surface area is 164 Å². The molecule has 12 heteroatoms. The van der Waals surface area contributed by atoms with E-state index >= 15 is 0 Å². The Balaban J connectivity index is 4.87. The molecule has 10 nitrogen and oxygen atoms in total. The molecule has 0 aromatic rings. The molecule has 0 fully saturated rings. The van der Waals surface area contributed by atoms with E-state index < -0.39 is 36.2 Å². The first kappa shape index (κ1) is 26.6. The fraction of sp³-hybridized carbons (Fsp3) is 0.933. The van der Waals surface area contributed by atoms with Crippen molar-refractivity contribution >= 4 is 23.5 Å². The van der Waals surface area contributed by atoms with Gasteiger partial charge in [-0.05, 0) is 12.8 Å². The van der Waals surface area contributed by atoms with E-state index in [1.54, 1.807) is 0 Å². The zero-order valence-electron chi connectivity index (χ0n) is 17.2. The molecule has 0 aliphatic carbocycles. The summed E-state index contributed by atoms with van der Waals surface area (Å²) in [5.74, 6) is -0.531. The van der Waals surface area contributed by atoms with Crippen LogP contribution in [-0.4, -0.2) is 107 Å². The van der Waals surface area contributed by atoms with Crippen LogP contribution in [0.1, 0.15) is 12.8 Å². The van der Waals surface area contributed by atoms with E-state index in [9.17, 15) is 9.90 Å². The Kier molecular flexibility index (Phi) is 13.5. The lowest BCUT2D eigenvalue weighted by Gasteiger charge is -2.29. The Morgan fingerprint density at radius 2 is 1.15 bits per heavy atom. The van der Waals surface area contributed by atoms with E-state index in [1.807, 2.05) is 0 Å². The third-order valence-corrected chi connectivity index (χ3v) is 10.1. The highest BCUT2D eigenvalue weighted by Crippen LogP contribution is 2.18. The van der Waals surface area contributed by atoms with Crippen LogP contribution in [0.2, 0.25) is 12.1 Å². The van der Waals surface area contributed by atoms with Crippen LogP contribution in [0.5, 0.6) is 0 Å². The normalized spacial score (nSPS) is 13.6. The van der Waals surface area contributed by atoms with Crippen molar-refractivity contribution in [1.29, 1.82) is 0 Å². The van der Waals surface area contributed by atoms with E-state index in [0.717, 1.165) is 0 Å². The van der Waals surface area contributed by atoms with Crippen LogP contribution in [-0.2, 0) is 31.4 Å². The number of aliphatic hydroxyl groups is 2. The fourth-order valence-corrected chi connectivity index (χ4v) is 6.11. The molecule has 2 N–H and O–H groups in total. The summed E-state index contributed by atoms with van der Waals surface area (Å²) in [4.78, 5) is 13.9. The molecule has 1 amide bonds. The molecule has 0 rings (SSSR count). The van der Waals surface area contributed by atoms with Crippen LogP contribution in [0, 0.1) is 0 Å². The molecule has 0 saturated carbocycles. The Morgan fingerprint density at radius 1 is 0.815 bits per heavy atom. The van der Waals surface area contributed by atoms with Crippen LogP contribution in [0.4, 0.5) is 0 Å². The van der Waals surface area contributed by atoms with Crippen LogP contribution < -0.4 is 0 Å². The summed E-state index contributed by atoms with van der Waals surface area (Å²) in [7, 11) is 3.71. The molecule has 0 radical (unpaired) electrons. The third kappa shape index (κ3) is 8.23. The van der Waals surface area contributed by atoms with Crippen molar-refractivity contribution in [2.24, 2.45) is 0 Å². The summed E-state index contributed by atoms with van der Waals surface area (Å²) in [5, 5.41) is 18.8. The summed E-state index contributed by atoms with van der Waals surface area (Å²) in [6.45, 7) is 0.0968. The molecule has 0 spiro atoms. The Bertz CT molecular complexity index is 366. The zero-order valence-corrected chi connectivity index (χ0v) is 19.2. The van der Waals surface area contributed by atoms with E-state index in [2.05, 4.69) is 0 Å². The van der Waals surface area contributed by atoms with E-state index in [0.29, 0.717) is 38.0 Å². The standard InChI is InChI=1S/C15H35NO9Si2/c1-20-26(21-2,22-3)11-7-9-16(15(19)14(18)13-17)10-8-12-27(23-4,24-5)25-6/h14,17-18H,7-13H2,1-6H3. The van der Waals surface area contributed by atoms with Gasteiger partial charge < -0.3 is 41.7 Å². The quantitative estimate of drug-likeness (QED) is 0.319. The highest BCUT2D eigenvalue weighted by Gasteiger charge is 2.39. The number of hydrogen-bond donors (Lipinski definition) is 2. The van der Waals surface area contributed by atoms with Crippen molar-refractivity contribution in [3.63, 3.8) is 0 Å². The predicted octanol–water partition coefficient (Wildman–Crippen LogP) is -0.295. The van der Waals surface area contributed by atoms with Crippen molar-refractivity contribution in [3.05, 3.63) is 0 Å². The van der Waals surface area contributed by atoms with Gasteiger partial charge in [-0.2, -0.15) is 0 Å². The topological polar surface area (TPSA) is 116 Å². The largest absolute Gasteiger partial charge is 0.500 e. The number of carbonyl (C=O) groups excluding carboxylic acids is 1. The average molecular weight is 430 g/mol. The summed E-state index contributed by atoms with van der Waals surface area (Å²) >= 11 is 0. The molecule has 0 saturated heterocycles. The molecule has 1 atom stereocenters. The van der Waals surface area contributed by atoms with Gasteiger partial charge in [-0.25, -0.2) is 0 Å². The highest BCUT2D eigenvalue weighted by atomic mass is 28.4. The van der Waals surface area contributed by atoms with Crippen molar-refractivity contribution in [3.8, 4) is 0 Å². The van der Waals surface area contributed by atoms with Gasteiger partial charge in [0.1, 0.15) is 0 Å². The molecule has 0 aliphatic heterocycles. The van der Waals surface area contributed by atoms with Gasteiger partial charge >= 0.3 is 17.6 Å². The molecule has 1 unspecified atom stereocenters. The second-order valence-corrected chi connectivity index (χ2v) is 12.0. The molecular formula is C15H35NO9Si2. The maximum absolute atomic E-state index is 12.4. The first-order chi connectivity index (χ1) is 12.8. The summed E-state index contributed by atoms with van der Waals surface area (Å²) in [6, 6.07) is 1.03. The number of amides is 1. The minimum atomic E-state index is -2.74. The van der Waals surface area contributed by atoms with Gasteiger partial charge in [-0.3, -0.25) is 4.79 Å². The number of carbonyl (C=O) groups is 1. The van der Waals surface area contributed by atoms with Gasteiger partial charge in [0.2, 0.25) is 0 Å². The lowest BCUT2D eigenvalue weighted by molar-refractivity contribution is -0.142. The molecule has 0 heterocycles. The molecule has 162 valence electrons. The number of aliphatic hydroxyl groups excluding tert-OH is 2. The number of nitrogens with zero attached hydrogens (tertiary/aromatic N) is 1. The fourth-order valence-electron chi connectivity index (χ4n) is 2.71. The lowest BCUT2D eigenvalue weighted by Crippen LogP contribution is -2.46. The monoisotopic (exact) mass is 429 g/mol. The summed E-state index contributed by atoms with van der Waals surface area (Å²) < 4.78 is 32.2. The average Bonchev–Trinajstić information content (AvgIpc) is 2.72. The van der Waals surface area contributed by atoms with E-state index in [4.69, 9.17) is 31.7 Å². The minimum Gasteiger partial charge on any atom is -0.393 e. The summed E-state index contributed by atoms with van der Waals surface area (Å²) in [5.41, 5.74) is 0. The zero-order chi connectivity index (χ0) is 20.9.